The van der Waals surface area contributed by atoms with Crippen LogP contribution in [-0.2, 0) is 12.0 Å². The standard InChI is InChI=1S/C15H17NO2/c1-2-16-13-6-4-3-5-11(13)9-12(14(16)18)15(10-17)7-8-15/h3-6,9,17H,2,7-8,10H2,1H3. The quantitative estimate of drug-likeness (QED) is 0.896. The van der Waals surface area contributed by atoms with Gasteiger partial charge < -0.3 is 9.67 Å². The molecule has 1 saturated carbocycles. The van der Waals surface area contributed by atoms with Crippen molar-refractivity contribution >= 4 is 10.9 Å². The second-order valence-corrected chi connectivity index (χ2v) is 5.10. The average molecular weight is 243 g/mol. The van der Waals surface area contributed by atoms with Crippen LogP contribution in [0, 0.1) is 0 Å². The third-order valence-electron chi connectivity index (χ3n) is 4.05. The number of hydrogen-bond donors (Lipinski definition) is 1. The summed E-state index contributed by atoms with van der Waals surface area (Å²) in [5.41, 5.74) is 1.55. The Morgan fingerprint density at radius 3 is 2.67 bits per heavy atom. The van der Waals surface area contributed by atoms with Crippen LogP contribution in [0.1, 0.15) is 25.3 Å². The van der Waals surface area contributed by atoms with Gasteiger partial charge in [-0.2, -0.15) is 0 Å². The van der Waals surface area contributed by atoms with Crippen LogP contribution in [0.3, 0.4) is 0 Å². The van der Waals surface area contributed by atoms with Gasteiger partial charge in [-0.1, -0.05) is 18.2 Å². The van der Waals surface area contributed by atoms with Crippen molar-refractivity contribution in [3.8, 4) is 0 Å². The van der Waals surface area contributed by atoms with Crippen LogP contribution in [-0.4, -0.2) is 16.3 Å². The number of hydrogen-bond acceptors (Lipinski definition) is 2. The first-order valence-corrected chi connectivity index (χ1v) is 6.46. The molecule has 1 heterocycles. The minimum atomic E-state index is -0.266. The monoisotopic (exact) mass is 243 g/mol. The van der Waals surface area contributed by atoms with Gasteiger partial charge in [-0.05, 0) is 37.3 Å². The van der Waals surface area contributed by atoms with Crippen molar-refractivity contribution in [1.82, 2.24) is 4.57 Å². The zero-order chi connectivity index (χ0) is 12.8. The number of aliphatic hydroxyl groups is 1. The van der Waals surface area contributed by atoms with E-state index < -0.39 is 0 Å². The number of pyridine rings is 1. The van der Waals surface area contributed by atoms with Gasteiger partial charge in [0.25, 0.3) is 5.56 Å². The van der Waals surface area contributed by atoms with Gasteiger partial charge in [-0.15, -0.1) is 0 Å². The molecule has 0 bridgehead atoms. The fourth-order valence-electron chi connectivity index (χ4n) is 2.68. The molecular weight excluding hydrogens is 226 g/mol. The number of rotatable bonds is 3. The lowest BCUT2D eigenvalue weighted by molar-refractivity contribution is 0.254. The summed E-state index contributed by atoms with van der Waals surface area (Å²) in [5, 5.41) is 10.6. The van der Waals surface area contributed by atoms with E-state index in [2.05, 4.69) is 0 Å². The van der Waals surface area contributed by atoms with Gasteiger partial charge >= 0.3 is 0 Å². The minimum absolute atomic E-state index is 0.0581. The lowest BCUT2D eigenvalue weighted by Gasteiger charge is -2.16. The topological polar surface area (TPSA) is 42.2 Å². The fourth-order valence-corrected chi connectivity index (χ4v) is 2.68. The molecule has 2 aromatic rings. The van der Waals surface area contributed by atoms with Crippen molar-refractivity contribution in [1.29, 1.82) is 0 Å². The molecular formula is C15H17NO2. The number of nitrogens with zero attached hydrogens (tertiary/aromatic N) is 1. The maximum atomic E-state index is 12.5. The summed E-state index contributed by atoms with van der Waals surface area (Å²) >= 11 is 0. The van der Waals surface area contributed by atoms with E-state index in [0.29, 0.717) is 6.54 Å². The first-order chi connectivity index (χ1) is 8.72. The van der Waals surface area contributed by atoms with Gasteiger partial charge in [0.05, 0.1) is 12.1 Å². The lowest BCUT2D eigenvalue weighted by Crippen LogP contribution is -2.29. The zero-order valence-corrected chi connectivity index (χ0v) is 10.5. The Labute approximate surface area is 106 Å². The van der Waals surface area contributed by atoms with Gasteiger partial charge in [0.15, 0.2) is 0 Å². The highest BCUT2D eigenvalue weighted by atomic mass is 16.3. The summed E-state index contributed by atoms with van der Waals surface area (Å²) in [7, 11) is 0. The third-order valence-corrected chi connectivity index (χ3v) is 4.05. The molecule has 1 aromatic carbocycles. The Bertz CT molecular complexity index is 653. The molecule has 0 amide bonds. The molecule has 0 aliphatic heterocycles. The number of aromatic nitrogens is 1. The first kappa shape index (κ1) is 11.5. The van der Waals surface area contributed by atoms with Gasteiger partial charge in [0.1, 0.15) is 0 Å². The SMILES string of the molecule is CCn1c(=O)c(C2(CO)CC2)cc2ccccc21. The summed E-state index contributed by atoms with van der Waals surface area (Å²) in [6.07, 6.45) is 1.83. The number of fused-ring (bicyclic) bond motifs is 1. The predicted octanol–water partition coefficient (Wildman–Crippen LogP) is 2.05. The van der Waals surface area contributed by atoms with Gasteiger partial charge in [-0.25, -0.2) is 0 Å². The van der Waals surface area contributed by atoms with E-state index in [0.717, 1.165) is 29.3 Å². The van der Waals surface area contributed by atoms with Crippen molar-refractivity contribution in [3.63, 3.8) is 0 Å². The van der Waals surface area contributed by atoms with Crippen molar-refractivity contribution in [3.05, 3.63) is 46.2 Å². The number of benzene rings is 1. The number of aryl methyl sites for hydroxylation is 1. The molecule has 3 nitrogen and oxygen atoms in total. The van der Waals surface area contributed by atoms with E-state index in [9.17, 15) is 9.90 Å². The van der Waals surface area contributed by atoms with Gasteiger partial charge in [-0.3, -0.25) is 4.79 Å². The second-order valence-electron chi connectivity index (χ2n) is 5.10. The van der Waals surface area contributed by atoms with Gasteiger partial charge in [0.2, 0.25) is 0 Å². The maximum Gasteiger partial charge on any atom is 0.254 e. The van der Waals surface area contributed by atoms with E-state index in [4.69, 9.17) is 0 Å². The van der Waals surface area contributed by atoms with Crippen molar-refractivity contribution in [2.75, 3.05) is 6.61 Å². The minimum Gasteiger partial charge on any atom is -0.395 e. The molecule has 0 radical (unpaired) electrons. The van der Waals surface area contributed by atoms with Crippen LogP contribution in [0.4, 0.5) is 0 Å². The molecule has 18 heavy (non-hydrogen) atoms. The maximum absolute atomic E-state index is 12.5. The second kappa shape index (κ2) is 3.95. The van der Waals surface area contributed by atoms with Crippen LogP contribution in [0.25, 0.3) is 10.9 Å². The number of para-hydroxylation sites is 1. The normalized spacial score (nSPS) is 17.0. The largest absolute Gasteiger partial charge is 0.395 e. The van der Waals surface area contributed by atoms with Crippen molar-refractivity contribution < 1.29 is 5.11 Å². The molecule has 1 aliphatic rings. The Hall–Kier alpha value is -1.61. The van der Waals surface area contributed by atoms with Crippen LogP contribution < -0.4 is 5.56 Å². The molecule has 3 heteroatoms. The molecule has 1 aromatic heterocycles. The highest BCUT2D eigenvalue weighted by Crippen LogP contribution is 2.46. The third kappa shape index (κ3) is 1.51. The van der Waals surface area contributed by atoms with Crippen molar-refractivity contribution in [2.24, 2.45) is 0 Å². The fraction of sp³-hybridized carbons (Fsp3) is 0.400. The van der Waals surface area contributed by atoms with E-state index in [1.54, 1.807) is 4.57 Å². The summed E-state index contributed by atoms with van der Waals surface area (Å²) in [6.45, 7) is 2.72. The lowest BCUT2D eigenvalue weighted by atomic mass is 9.96. The van der Waals surface area contributed by atoms with Gasteiger partial charge in [0, 0.05) is 17.5 Å². The van der Waals surface area contributed by atoms with E-state index in [-0.39, 0.29) is 17.6 Å². The van der Waals surface area contributed by atoms with E-state index >= 15 is 0 Å². The molecule has 0 saturated heterocycles. The molecule has 0 unspecified atom stereocenters. The summed E-state index contributed by atoms with van der Waals surface area (Å²) in [6, 6.07) is 9.90. The van der Waals surface area contributed by atoms with E-state index in [1.165, 1.54) is 0 Å². The molecule has 1 aliphatic carbocycles. The highest BCUT2D eigenvalue weighted by Gasteiger charge is 2.46. The smallest absolute Gasteiger partial charge is 0.254 e. The molecule has 3 rings (SSSR count). The van der Waals surface area contributed by atoms with Crippen LogP contribution >= 0.6 is 0 Å². The summed E-state index contributed by atoms with van der Waals surface area (Å²) in [5.74, 6) is 0. The molecule has 1 fully saturated rings. The Balaban J connectivity index is 2.34. The highest BCUT2D eigenvalue weighted by molar-refractivity contribution is 5.80. The zero-order valence-electron chi connectivity index (χ0n) is 10.5. The molecule has 94 valence electrons. The van der Waals surface area contributed by atoms with Crippen LogP contribution in [0.2, 0.25) is 0 Å². The predicted molar refractivity (Wildman–Crippen MR) is 71.9 cm³/mol. The van der Waals surface area contributed by atoms with Crippen LogP contribution in [0.5, 0.6) is 0 Å². The Morgan fingerprint density at radius 1 is 1.33 bits per heavy atom. The molecule has 0 atom stereocenters. The Morgan fingerprint density at radius 2 is 2.06 bits per heavy atom. The summed E-state index contributed by atoms with van der Waals surface area (Å²) in [4.78, 5) is 12.5. The number of aliphatic hydroxyl groups excluding tert-OH is 1. The average Bonchev–Trinajstić information content (AvgIpc) is 3.19. The molecule has 1 N–H and O–H groups in total. The molecule has 0 spiro atoms. The first-order valence-electron chi connectivity index (χ1n) is 6.46. The Kier molecular flexibility index (Phi) is 2.52. The van der Waals surface area contributed by atoms with Crippen molar-refractivity contribution in [2.45, 2.75) is 31.7 Å². The summed E-state index contributed by atoms with van der Waals surface area (Å²) < 4.78 is 1.81. The van der Waals surface area contributed by atoms with Crippen LogP contribution in [0.15, 0.2) is 35.1 Å². The van der Waals surface area contributed by atoms with E-state index in [1.807, 2.05) is 37.3 Å².